The minimum atomic E-state index is -0.773. The van der Waals surface area contributed by atoms with E-state index in [4.69, 9.17) is 4.74 Å². The summed E-state index contributed by atoms with van der Waals surface area (Å²) in [6.07, 6.45) is 0.698. The average molecular weight is 348 g/mol. The van der Waals surface area contributed by atoms with E-state index < -0.39 is 6.10 Å². The first kappa shape index (κ1) is 14.2. The van der Waals surface area contributed by atoms with Gasteiger partial charge in [-0.05, 0) is 18.2 Å². The van der Waals surface area contributed by atoms with E-state index in [1.807, 2.05) is 0 Å². The minimum Gasteiger partial charge on any atom is -0.473 e. The maximum absolute atomic E-state index is 13.5. The summed E-state index contributed by atoms with van der Waals surface area (Å²) in [7, 11) is 0. The van der Waals surface area contributed by atoms with Crippen molar-refractivity contribution in [2.24, 2.45) is 0 Å². The zero-order valence-electron chi connectivity index (χ0n) is 9.72. The van der Waals surface area contributed by atoms with Gasteiger partial charge in [-0.2, -0.15) is 4.37 Å². The quantitative estimate of drug-likeness (QED) is 0.839. The Morgan fingerprint density at radius 3 is 3.05 bits per heavy atom. The Morgan fingerprint density at radius 2 is 2.37 bits per heavy atom. The Balaban J connectivity index is 1.78. The van der Waals surface area contributed by atoms with Crippen LogP contribution in [0.1, 0.15) is 0 Å². The average Bonchev–Trinajstić information content (AvgIpc) is 2.88. The molecule has 2 N–H and O–H groups in total. The lowest BCUT2D eigenvalue weighted by Crippen LogP contribution is -2.26. The van der Waals surface area contributed by atoms with E-state index >= 15 is 0 Å². The highest BCUT2D eigenvalue weighted by atomic mass is 79.9. The Bertz CT molecular complexity index is 527. The molecule has 2 aromatic rings. The molecule has 1 heterocycles. The van der Waals surface area contributed by atoms with E-state index in [1.165, 1.54) is 12.3 Å². The Kier molecular flexibility index (Phi) is 5.06. The molecule has 8 heteroatoms. The van der Waals surface area contributed by atoms with Crippen LogP contribution in [0.4, 0.5) is 10.1 Å². The molecule has 0 saturated carbocycles. The summed E-state index contributed by atoms with van der Waals surface area (Å²) in [5, 5.41) is 12.5. The van der Waals surface area contributed by atoms with E-state index in [2.05, 4.69) is 30.0 Å². The molecule has 102 valence electrons. The molecular formula is C11H11BrFN3O2S. The number of halogens is 2. The zero-order valence-corrected chi connectivity index (χ0v) is 12.1. The van der Waals surface area contributed by atoms with Gasteiger partial charge in [0.25, 0.3) is 0 Å². The highest BCUT2D eigenvalue weighted by Gasteiger charge is 2.08. The summed E-state index contributed by atoms with van der Waals surface area (Å²) in [6.45, 7) is 0.243. The second-order valence-electron chi connectivity index (χ2n) is 3.72. The third kappa shape index (κ3) is 4.41. The van der Waals surface area contributed by atoms with Crippen molar-refractivity contribution in [1.29, 1.82) is 0 Å². The number of hydrogen-bond acceptors (Lipinski definition) is 6. The van der Waals surface area contributed by atoms with E-state index in [9.17, 15) is 9.50 Å². The molecule has 19 heavy (non-hydrogen) atoms. The maximum Gasteiger partial charge on any atom is 0.245 e. The van der Waals surface area contributed by atoms with E-state index in [1.54, 1.807) is 12.1 Å². The highest BCUT2D eigenvalue weighted by molar-refractivity contribution is 9.10. The SMILES string of the molecule is OC(CNc1ccc(Br)cc1F)COc1cnsn1. The van der Waals surface area contributed by atoms with E-state index in [-0.39, 0.29) is 19.0 Å². The lowest BCUT2D eigenvalue weighted by atomic mass is 10.3. The first-order chi connectivity index (χ1) is 9.15. The Hall–Kier alpha value is -1.25. The molecule has 0 saturated heterocycles. The number of nitrogens with one attached hydrogen (secondary N) is 1. The molecule has 0 bridgehead atoms. The topological polar surface area (TPSA) is 67.3 Å². The first-order valence-corrected chi connectivity index (χ1v) is 6.95. The third-order valence-corrected chi connectivity index (χ3v) is 3.18. The molecule has 0 spiro atoms. The van der Waals surface area contributed by atoms with Crippen LogP contribution in [0.3, 0.4) is 0 Å². The molecule has 0 amide bonds. The second-order valence-corrected chi connectivity index (χ2v) is 5.19. The molecule has 0 aliphatic rings. The Labute approximate surface area is 121 Å². The minimum absolute atomic E-state index is 0.0660. The zero-order chi connectivity index (χ0) is 13.7. The number of rotatable bonds is 6. The molecular weight excluding hydrogens is 337 g/mol. The summed E-state index contributed by atoms with van der Waals surface area (Å²) < 4.78 is 27.0. The van der Waals surface area contributed by atoms with E-state index in [0.717, 1.165) is 11.7 Å². The number of nitrogens with zero attached hydrogens (tertiary/aromatic N) is 2. The van der Waals surface area contributed by atoms with Crippen molar-refractivity contribution >= 4 is 33.3 Å². The molecule has 2 rings (SSSR count). The molecule has 0 aliphatic heterocycles. The fraction of sp³-hybridized carbons (Fsp3) is 0.273. The summed E-state index contributed by atoms with van der Waals surface area (Å²) in [6, 6.07) is 4.67. The lowest BCUT2D eigenvalue weighted by molar-refractivity contribution is 0.115. The van der Waals surface area contributed by atoms with Gasteiger partial charge in [-0.15, -0.1) is 4.37 Å². The predicted molar refractivity (Wildman–Crippen MR) is 74.0 cm³/mol. The Morgan fingerprint density at radius 1 is 1.53 bits per heavy atom. The monoisotopic (exact) mass is 347 g/mol. The fourth-order valence-electron chi connectivity index (χ4n) is 1.32. The van der Waals surface area contributed by atoms with Crippen molar-refractivity contribution in [3.8, 4) is 5.88 Å². The maximum atomic E-state index is 13.5. The van der Waals surface area contributed by atoms with Crippen molar-refractivity contribution in [1.82, 2.24) is 8.75 Å². The number of hydrogen-bond donors (Lipinski definition) is 2. The van der Waals surface area contributed by atoms with Crippen molar-refractivity contribution in [2.75, 3.05) is 18.5 Å². The number of ether oxygens (including phenoxy) is 1. The summed E-state index contributed by atoms with van der Waals surface area (Å²) >= 11 is 4.20. The first-order valence-electron chi connectivity index (χ1n) is 5.42. The fourth-order valence-corrected chi connectivity index (χ4v) is 2.02. The van der Waals surface area contributed by atoms with Gasteiger partial charge in [0.2, 0.25) is 5.88 Å². The van der Waals surface area contributed by atoms with Crippen molar-refractivity contribution in [3.05, 3.63) is 34.7 Å². The van der Waals surface area contributed by atoms with Crippen LogP contribution in [0.15, 0.2) is 28.9 Å². The summed E-state index contributed by atoms with van der Waals surface area (Å²) in [4.78, 5) is 0. The number of aliphatic hydroxyl groups is 1. The van der Waals surface area contributed by atoms with Gasteiger partial charge in [0, 0.05) is 11.0 Å². The van der Waals surface area contributed by atoms with Gasteiger partial charge in [-0.25, -0.2) is 4.39 Å². The smallest absolute Gasteiger partial charge is 0.245 e. The highest BCUT2D eigenvalue weighted by Crippen LogP contribution is 2.19. The van der Waals surface area contributed by atoms with Gasteiger partial charge >= 0.3 is 0 Å². The van der Waals surface area contributed by atoms with Crippen LogP contribution in [-0.2, 0) is 0 Å². The number of aromatic nitrogens is 2. The molecule has 1 atom stereocenters. The second kappa shape index (κ2) is 6.78. The number of aliphatic hydroxyl groups excluding tert-OH is 1. The van der Waals surface area contributed by atoms with Crippen LogP contribution < -0.4 is 10.1 Å². The third-order valence-electron chi connectivity index (χ3n) is 2.22. The van der Waals surface area contributed by atoms with Crippen LogP contribution in [0, 0.1) is 5.82 Å². The molecule has 5 nitrogen and oxygen atoms in total. The van der Waals surface area contributed by atoms with Crippen molar-refractivity contribution in [3.63, 3.8) is 0 Å². The molecule has 0 aliphatic carbocycles. The van der Waals surface area contributed by atoms with E-state index in [0.29, 0.717) is 16.0 Å². The molecule has 1 unspecified atom stereocenters. The molecule has 0 radical (unpaired) electrons. The summed E-state index contributed by atoms with van der Waals surface area (Å²) in [5.74, 6) is -0.00920. The predicted octanol–water partition coefficient (Wildman–Crippen LogP) is 2.29. The summed E-state index contributed by atoms with van der Waals surface area (Å²) in [5.41, 5.74) is 0.331. The van der Waals surface area contributed by atoms with Gasteiger partial charge in [0.05, 0.1) is 17.4 Å². The molecule has 0 fully saturated rings. The number of benzene rings is 1. The standard InChI is InChI=1S/C11H11BrFN3O2S/c12-7-1-2-10(9(13)3-7)14-4-8(17)6-18-11-5-15-19-16-11/h1-3,5,8,14,17H,4,6H2. The van der Waals surface area contributed by atoms with Crippen molar-refractivity contribution in [2.45, 2.75) is 6.10 Å². The molecule has 1 aromatic heterocycles. The number of anilines is 1. The normalized spacial score (nSPS) is 12.2. The van der Waals surface area contributed by atoms with Gasteiger partial charge in [-0.1, -0.05) is 15.9 Å². The van der Waals surface area contributed by atoms with Crippen LogP contribution in [-0.4, -0.2) is 33.1 Å². The van der Waals surface area contributed by atoms with Gasteiger partial charge < -0.3 is 15.2 Å². The van der Waals surface area contributed by atoms with Crippen LogP contribution >= 0.6 is 27.7 Å². The van der Waals surface area contributed by atoms with Crippen LogP contribution in [0.2, 0.25) is 0 Å². The lowest BCUT2D eigenvalue weighted by Gasteiger charge is -2.13. The van der Waals surface area contributed by atoms with Crippen LogP contribution in [0.25, 0.3) is 0 Å². The largest absolute Gasteiger partial charge is 0.473 e. The van der Waals surface area contributed by atoms with Gasteiger partial charge in [0.15, 0.2) is 0 Å². The molecule has 1 aromatic carbocycles. The van der Waals surface area contributed by atoms with Gasteiger partial charge in [0.1, 0.15) is 24.7 Å². The van der Waals surface area contributed by atoms with Gasteiger partial charge in [-0.3, -0.25) is 0 Å². The van der Waals surface area contributed by atoms with Crippen LogP contribution in [0.5, 0.6) is 5.88 Å². The van der Waals surface area contributed by atoms with Crippen molar-refractivity contribution < 1.29 is 14.2 Å².